The van der Waals surface area contributed by atoms with Crippen molar-refractivity contribution < 1.29 is 5.11 Å². The second-order valence-corrected chi connectivity index (χ2v) is 5.84. The third-order valence-corrected chi connectivity index (χ3v) is 2.80. The van der Waals surface area contributed by atoms with Crippen LogP contribution in [0.1, 0.15) is 39.8 Å². The van der Waals surface area contributed by atoms with Crippen LogP contribution < -0.4 is 5.32 Å². The van der Waals surface area contributed by atoms with Crippen molar-refractivity contribution in [2.45, 2.75) is 53.3 Å². The summed E-state index contributed by atoms with van der Waals surface area (Å²) in [5, 5.41) is 13.2. The number of aryl methyl sites for hydroxylation is 1. The molecule has 0 saturated heterocycles. The lowest BCUT2D eigenvalue weighted by molar-refractivity contribution is 0.119. The Balaban J connectivity index is 2.28. The number of nitrogens with one attached hydrogen (secondary N) is 1. The van der Waals surface area contributed by atoms with E-state index in [2.05, 4.69) is 55.9 Å². The summed E-state index contributed by atoms with van der Waals surface area (Å²) in [6.45, 7) is 11.1. The van der Waals surface area contributed by atoms with Gasteiger partial charge in [-0.05, 0) is 30.9 Å². The summed E-state index contributed by atoms with van der Waals surface area (Å²) in [6.07, 6.45) is 2.65. The zero-order valence-corrected chi connectivity index (χ0v) is 11.5. The van der Waals surface area contributed by atoms with Crippen LogP contribution in [0.3, 0.4) is 0 Å². The lowest BCUT2D eigenvalue weighted by atomic mass is 9.89. The SMILES string of the molecule is CCn1cccc1CNCC(O)CC(C)(C)C. The molecule has 0 bridgehead atoms. The molecule has 0 amide bonds. The molecule has 3 nitrogen and oxygen atoms in total. The summed E-state index contributed by atoms with van der Waals surface area (Å²) in [5.41, 5.74) is 1.46. The van der Waals surface area contributed by atoms with Crippen LogP contribution in [-0.4, -0.2) is 22.3 Å². The third-order valence-electron chi connectivity index (χ3n) is 2.80. The van der Waals surface area contributed by atoms with E-state index in [9.17, 15) is 5.11 Å². The lowest BCUT2D eigenvalue weighted by Gasteiger charge is -2.22. The fourth-order valence-electron chi connectivity index (χ4n) is 2.06. The number of rotatable bonds is 6. The number of nitrogens with zero attached hydrogens (tertiary/aromatic N) is 1. The van der Waals surface area contributed by atoms with E-state index < -0.39 is 0 Å². The molecule has 98 valence electrons. The molecular formula is C14H26N2O. The van der Waals surface area contributed by atoms with Crippen molar-refractivity contribution in [1.82, 2.24) is 9.88 Å². The van der Waals surface area contributed by atoms with Crippen molar-refractivity contribution in [3.63, 3.8) is 0 Å². The Hall–Kier alpha value is -0.800. The zero-order valence-electron chi connectivity index (χ0n) is 11.5. The summed E-state index contributed by atoms with van der Waals surface area (Å²) < 4.78 is 2.21. The van der Waals surface area contributed by atoms with Gasteiger partial charge in [-0.2, -0.15) is 0 Å². The molecule has 3 heteroatoms. The minimum Gasteiger partial charge on any atom is -0.392 e. The summed E-state index contributed by atoms with van der Waals surface area (Å²) in [6, 6.07) is 4.18. The molecule has 0 aromatic carbocycles. The normalized spacial score (nSPS) is 13.9. The summed E-state index contributed by atoms with van der Waals surface area (Å²) in [4.78, 5) is 0. The molecule has 0 aliphatic rings. The van der Waals surface area contributed by atoms with E-state index in [1.54, 1.807) is 0 Å². The van der Waals surface area contributed by atoms with Gasteiger partial charge in [0.15, 0.2) is 0 Å². The van der Waals surface area contributed by atoms with E-state index in [0.29, 0.717) is 6.54 Å². The molecule has 0 aliphatic heterocycles. The van der Waals surface area contributed by atoms with Crippen LogP contribution in [0, 0.1) is 5.41 Å². The van der Waals surface area contributed by atoms with Gasteiger partial charge in [0, 0.05) is 31.5 Å². The molecule has 1 heterocycles. The largest absolute Gasteiger partial charge is 0.392 e. The number of aliphatic hydroxyl groups excluding tert-OH is 1. The van der Waals surface area contributed by atoms with Crippen LogP contribution >= 0.6 is 0 Å². The van der Waals surface area contributed by atoms with E-state index in [0.717, 1.165) is 19.5 Å². The Kier molecular flexibility index (Phi) is 5.22. The van der Waals surface area contributed by atoms with Gasteiger partial charge >= 0.3 is 0 Å². The zero-order chi connectivity index (χ0) is 12.9. The van der Waals surface area contributed by atoms with Crippen LogP contribution in [0.5, 0.6) is 0 Å². The van der Waals surface area contributed by atoms with Gasteiger partial charge < -0.3 is 15.0 Å². The third kappa shape index (κ3) is 5.37. The topological polar surface area (TPSA) is 37.2 Å². The average Bonchev–Trinajstić information content (AvgIpc) is 2.62. The number of hydrogen-bond acceptors (Lipinski definition) is 2. The summed E-state index contributed by atoms with van der Waals surface area (Å²) in [7, 11) is 0. The standard InChI is InChI=1S/C14H26N2O/c1-5-16-8-6-7-12(16)10-15-11-13(17)9-14(2,3)4/h6-8,13,15,17H,5,9-11H2,1-4H3. The molecule has 1 aromatic rings. The van der Waals surface area contributed by atoms with Crippen LogP contribution in [0.2, 0.25) is 0 Å². The van der Waals surface area contributed by atoms with Crippen molar-refractivity contribution in [3.05, 3.63) is 24.0 Å². The fourth-order valence-corrected chi connectivity index (χ4v) is 2.06. The predicted molar refractivity (Wildman–Crippen MR) is 71.9 cm³/mol. The fraction of sp³-hybridized carbons (Fsp3) is 0.714. The summed E-state index contributed by atoms with van der Waals surface area (Å²) in [5.74, 6) is 0. The minimum absolute atomic E-state index is 0.185. The molecule has 1 rings (SSSR count). The van der Waals surface area contributed by atoms with Gasteiger partial charge in [-0.1, -0.05) is 20.8 Å². The van der Waals surface area contributed by atoms with Crippen LogP contribution in [0.4, 0.5) is 0 Å². The maximum atomic E-state index is 9.87. The molecule has 0 fully saturated rings. The van der Waals surface area contributed by atoms with Crippen molar-refractivity contribution in [2.24, 2.45) is 5.41 Å². The van der Waals surface area contributed by atoms with Crippen molar-refractivity contribution >= 4 is 0 Å². The minimum atomic E-state index is -0.264. The Morgan fingerprint density at radius 2 is 2.12 bits per heavy atom. The van der Waals surface area contributed by atoms with E-state index in [1.807, 2.05) is 0 Å². The lowest BCUT2D eigenvalue weighted by Crippen LogP contribution is -2.30. The maximum absolute atomic E-state index is 9.87. The Bertz CT molecular complexity index is 325. The maximum Gasteiger partial charge on any atom is 0.0669 e. The van der Waals surface area contributed by atoms with Crippen LogP contribution in [0.15, 0.2) is 18.3 Å². The first kappa shape index (κ1) is 14.3. The first-order chi connectivity index (χ1) is 7.92. The molecule has 1 unspecified atom stereocenters. The quantitative estimate of drug-likeness (QED) is 0.798. The molecule has 0 saturated carbocycles. The number of hydrogen-bond donors (Lipinski definition) is 2. The Morgan fingerprint density at radius 1 is 1.41 bits per heavy atom. The molecular weight excluding hydrogens is 212 g/mol. The smallest absolute Gasteiger partial charge is 0.0669 e. The number of aromatic nitrogens is 1. The van der Waals surface area contributed by atoms with Crippen molar-refractivity contribution in [3.8, 4) is 0 Å². The molecule has 0 radical (unpaired) electrons. The van der Waals surface area contributed by atoms with Gasteiger partial charge in [-0.3, -0.25) is 0 Å². The van der Waals surface area contributed by atoms with Gasteiger partial charge in [0.1, 0.15) is 0 Å². The van der Waals surface area contributed by atoms with Crippen LogP contribution in [0.25, 0.3) is 0 Å². The highest BCUT2D eigenvalue weighted by Gasteiger charge is 2.16. The van der Waals surface area contributed by atoms with Gasteiger partial charge in [0.25, 0.3) is 0 Å². The average molecular weight is 238 g/mol. The molecule has 1 atom stereocenters. The molecule has 0 spiro atoms. The van der Waals surface area contributed by atoms with Gasteiger partial charge in [-0.25, -0.2) is 0 Å². The number of aliphatic hydroxyl groups is 1. The molecule has 0 aliphatic carbocycles. The second kappa shape index (κ2) is 6.22. The highest BCUT2D eigenvalue weighted by Crippen LogP contribution is 2.20. The van der Waals surface area contributed by atoms with Gasteiger partial charge in [0.05, 0.1) is 6.10 Å². The van der Waals surface area contributed by atoms with E-state index in [-0.39, 0.29) is 11.5 Å². The first-order valence-corrected chi connectivity index (χ1v) is 6.45. The molecule has 1 aromatic heterocycles. The van der Waals surface area contributed by atoms with E-state index >= 15 is 0 Å². The first-order valence-electron chi connectivity index (χ1n) is 6.45. The van der Waals surface area contributed by atoms with E-state index in [4.69, 9.17) is 0 Å². The summed E-state index contributed by atoms with van der Waals surface area (Å²) >= 11 is 0. The van der Waals surface area contributed by atoms with Crippen LogP contribution in [-0.2, 0) is 13.1 Å². The highest BCUT2D eigenvalue weighted by atomic mass is 16.3. The van der Waals surface area contributed by atoms with Crippen molar-refractivity contribution in [1.29, 1.82) is 0 Å². The second-order valence-electron chi connectivity index (χ2n) is 5.84. The Labute approximate surface area is 105 Å². The van der Waals surface area contributed by atoms with Crippen molar-refractivity contribution in [2.75, 3.05) is 6.54 Å². The predicted octanol–water partition coefficient (Wildman–Crippen LogP) is 2.39. The molecule has 2 N–H and O–H groups in total. The molecule has 17 heavy (non-hydrogen) atoms. The van der Waals surface area contributed by atoms with Gasteiger partial charge in [-0.15, -0.1) is 0 Å². The van der Waals surface area contributed by atoms with E-state index in [1.165, 1.54) is 5.69 Å². The van der Waals surface area contributed by atoms with Gasteiger partial charge in [0.2, 0.25) is 0 Å². The highest BCUT2D eigenvalue weighted by molar-refractivity contribution is 5.06. The Morgan fingerprint density at radius 3 is 2.71 bits per heavy atom. The monoisotopic (exact) mass is 238 g/mol.